The van der Waals surface area contributed by atoms with Crippen molar-refractivity contribution in [3.8, 4) is 0 Å². The van der Waals surface area contributed by atoms with E-state index < -0.39 is 0 Å². The van der Waals surface area contributed by atoms with Gasteiger partial charge >= 0.3 is 0 Å². The van der Waals surface area contributed by atoms with Crippen LogP contribution in [0.15, 0.2) is 0 Å². The van der Waals surface area contributed by atoms with E-state index >= 15 is 0 Å². The minimum absolute atomic E-state index is 0.604. The van der Waals surface area contributed by atoms with E-state index in [4.69, 9.17) is 4.74 Å². The Kier molecular flexibility index (Phi) is 3.74. The molecular formula is C11H21NOS. The Labute approximate surface area is 91.2 Å². The lowest BCUT2D eigenvalue weighted by molar-refractivity contribution is 0.183. The summed E-state index contributed by atoms with van der Waals surface area (Å²) in [6.07, 6.45) is 6.37. The Bertz CT molecular complexity index is 188. The maximum Gasteiger partial charge on any atom is 0.0623 e. The van der Waals surface area contributed by atoms with Gasteiger partial charge in [-0.25, -0.2) is 0 Å². The van der Waals surface area contributed by atoms with Crippen LogP contribution in [0.5, 0.6) is 0 Å². The summed E-state index contributed by atoms with van der Waals surface area (Å²) >= 11 is 2.02. The molecule has 1 aliphatic heterocycles. The van der Waals surface area contributed by atoms with Gasteiger partial charge < -0.3 is 10.1 Å². The average Bonchev–Trinajstić information content (AvgIpc) is 2.77. The number of nitrogens with one attached hydrogen (secondary N) is 1. The highest BCUT2D eigenvalue weighted by atomic mass is 32.2. The Morgan fingerprint density at radius 2 is 2.07 bits per heavy atom. The molecule has 0 aromatic heterocycles. The summed E-state index contributed by atoms with van der Waals surface area (Å²) in [6, 6.07) is 1.34. The smallest absolute Gasteiger partial charge is 0.0623 e. The van der Waals surface area contributed by atoms with Gasteiger partial charge in [0.15, 0.2) is 0 Å². The number of rotatable bonds is 3. The fourth-order valence-electron chi connectivity index (χ4n) is 2.55. The summed E-state index contributed by atoms with van der Waals surface area (Å²) in [4.78, 5) is 0. The second-order valence-electron chi connectivity index (χ2n) is 4.60. The number of hydrogen-bond donors (Lipinski definition) is 1. The normalized spacial score (nSPS) is 43.3. The maximum atomic E-state index is 5.48. The minimum atomic E-state index is 0.604. The summed E-state index contributed by atoms with van der Waals surface area (Å²) in [5, 5.41) is 4.62. The van der Waals surface area contributed by atoms with Crippen molar-refractivity contribution in [2.45, 2.75) is 43.5 Å². The van der Waals surface area contributed by atoms with Gasteiger partial charge in [-0.3, -0.25) is 0 Å². The molecule has 0 amide bonds. The Morgan fingerprint density at radius 1 is 1.21 bits per heavy atom. The molecule has 1 heterocycles. The molecule has 2 fully saturated rings. The van der Waals surface area contributed by atoms with Crippen LogP contribution in [-0.2, 0) is 4.74 Å². The molecule has 1 saturated heterocycles. The Morgan fingerprint density at radius 3 is 2.71 bits per heavy atom. The van der Waals surface area contributed by atoms with Crippen LogP contribution in [0.25, 0.3) is 0 Å². The summed E-state index contributed by atoms with van der Waals surface area (Å²) in [6.45, 7) is 4.14. The largest absolute Gasteiger partial charge is 0.379 e. The number of hydrogen-bond acceptors (Lipinski definition) is 3. The molecule has 1 aliphatic carbocycles. The van der Waals surface area contributed by atoms with Crippen LogP contribution < -0.4 is 5.32 Å². The average molecular weight is 215 g/mol. The highest BCUT2D eigenvalue weighted by Gasteiger charge is 2.32. The van der Waals surface area contributed by atoms with Crippen molar-refractivity contribution in [2.75, 3.05) is 19.5 Å². The van der Waals surface area contributed by atoms with E-state index in [2.05, 4.69) is 18.5 Å². The molecule has 2 aliphatic rings. The predicted octanol–water partition coefficient (Wildman–Crippen LogP) is 1.90. The van der Waals surface area contributed by atoms with E-state index in [1.807, 2.05) is 11.8 Å². The number of thioether (sulfide) groups is 1. The summed E-state index contributed by atoms with van der Waals surface area (Å²) < 4.78 is 5.48. The first kappa shape index (κ1) is 10.8. The van der Waals surface area contributed by atoms with Gasteiger partial charge in [-0.1, -0.05) is 13.3 Å². The molecule has 1 saturated carbocycles. The van der Waals surface area contributed by atoms with Gasteiger partial charge in [0.05, 0.1) is 13.2 Å². The maximum absolute atomic E-state index is 5.48. The fraction of sp³-hybridized carbons (Fsp3) is 1.00. The van der Waals surface area contributed by atoms with E-state index in [-0.39, 0.29) is 0 Å². The van der Waals surface area contributed by atoms with Crippen LogP contribution in [-0.4, -0.2) is 36.8 Å². The summed E-state index contributed by atoms with van der Waals surface area (Å²) in [5.74, 6) is 0.693. The van der Waals surface area contributed by atoms with E-state index in [0.717, 1.165) is 24.5 Å². The van der Waals surface area contributed by atoms with E-state index in [0.29, 0.717) is 12.0 Å². The van der Waals surface area contributed by atoms with Gasteiger partial charge in [-0.05, 0) is 25.0 Å². The second-order valence-corrected chi connectivity index (χ2v) is 5.68. The topological polar surface area (TPSA) is 21.3 Å². The molecule has 4 unspecified atom stereocenters. The van der Waals surface area contributed by atoms with Crippen molar-refractivity contribution in [2.24, 2.45) is 5.92 Å². The molecule has 3 heteroatoms. The first-order chi connectivity index (χ1) is 6.81. The molecule has 0 spiro atoms. The van der Waals surface area contributed by atoms with Gasteiger partial charge in [0.2, 0.25) is 0 Å². The zero-order valence-corrected chi connectivity index (χ0v) is 9.98. The van der Waals surface area contributed by atoms with Gasteiger partial charge in [-0.15, -0.1) is 0 Å². The highest BCUT2D eigenvalue weighted by molar-refractivity contribution is 7.99. The van der Waals surface area contributed by atoms with Gasteiger partial charge in [0.1, 0.15) is 0 Å². The quantitative estimate of drug-likeness (QED) is 0.777. The number of ether oxygens (including phenoxy) is 1. The lowest BCUT2D eigenvalue weighted by atomic mass is 10.0. The molecule has 2 rings (SSSR count). The summed E-state index contributed by atoms with van der Waals surface area (Å²) in [5.41, 5.74) is 0. The third kappa shape index (κ3) is 2.26. The van der Waals surface area contributed by atoms with Crippen molar-refractivity contribution in [3.05, 3.63) is 0 Å². The standard InChI is InChI=1S/C11H21NOS/c1-8-6-13-7-10(8)12-9-4-3-5-11(9)14-2/h8-12H,3-7H2,1-2H3. The third-order valence-corrected chi connectivity index (χ3v) is 4.72. The van der Waals surface area contributed by atoms with Crippen LogP contribution in [0.1, 0.15) is 26.2 Å². The van der Waals surface area contributed by atoms with E-state index in [9.17, 15) is 0 Å². The van der Waals surface area contributed by atoms with Crippen LogP contribution >= 0.6 is 11.8 Å². The van der Waals surface area contributed by atoms with Crippen molar-refractivity contribution in [3.63, 3.8) is 0 Å². The first-order valence-corrected chi connectivity index (χ1v) is 6.96. The molecule has 0 bridgehead atoms. The van der Waals surface area contributed by atoms with Gasteiger partial charge in [-0.2, -0.15) is 11.8 Å². The van der Waals surface area contributed by atoms with Crippen molar-refractivity contribution >= 4 is 11.8 Å². The molecule has 82 valence electrons. The lowest BCUT2D eigenvalue weighted by Gasteiger charge is -2.25. The molecular weight excluding hydrogens is 194 g/mol. The molecule has 0 aromatic rings. The van der Waals surface area contributed by atoms with Crippen molar-refractivity contribution in [1.29, 1.82) is 0 Å². The second kappa shape index (κ2) is 4.86. The van der Waals surface area contributed by atoms with E-state index in [1.54, 1.807) is 0 Å². The monoisotopic (exact) mass is 215 g/mol. The van der Waals surface area contributed by atoms with Crippen LogP contribution in [0, 0.1) is 5.92 Å². The van der Waals surface area contributed by atoms with Crippen molar-refractivity contribution in [1.82, 2.24) is 5.32 Å². The minimum Gasteiger partial charge on any atom is -0.379 e. The van der Waals surface area contributed by atoms with Crippen LogP contribution in [0.2, 0.25) is 0 Å². The SMILES string of the molecule is CSC1CCCC1NC1COCC1C. The predicted molar refractivity (Wildman–Crippen MR) is 61.8 cm³/mol. The summed E-state index contributed by atoms with van der Waals surface area (Å²) in [7, 11) is 0. The van der Waals surface area contributed by atoms with Crippen molar-refractivity contribution < 1.29 is 4.74 Å². The zero-order chi connectivity index (χ0) is 9.97. The van der Waals surface area contributed by atoms with Crippen LogP contribution in [0.3, 0.4) is 0 Å². The molecule has 0 aromatic carbocycles. The van der Waals surface area contributed by atoms with Gasteiger partial charge in [0.25, 0.3) is 0 Å². The molecule has 1 N–H and O–H groups in total. The molecule has 4 atom stereocenters. The Balaban J connectivity index is 1.83. The van der Waals surface area contributed by atoms with E-state index in [1.165, 1.54) is 19.3 Å². The first-order valence-electron chi connectivity index (χ1n) is 5.68. The zero-order valence-electron chi connectivity index (χ0n) is 9.16. The molecule has 0 radical (unpaired) electrons. The van der Waals surface area contributed by atoms with Gasteiger partial charge in [0, 0.05) is 17.3 Å². The lowest BCUT2D eigenvalue weighted by Crippen LogP contribution is -2.44. The van der Waals surface area contributed by atoms with Crippen LogP contribution in [0.4, 0.5) is 0 Å². The fourth-order valence-corrected chi connectivity index (χ4v) is 3.49. The third-order valence-electron chi connectivity index (χ3n) is 3.55. The molecule has 2 nitrogen and oxygen atoms in total. The molecule has 14 heavy (non-hydrogen) atoms. The Hall–Kier alpha value is 0.270. The highest BCUT2D eigenvalue weighted by Crippen LogP contribution is 2.29.